The highest BCUT2D eigenvalue weighted by atomic mass is 16.4. The molecule has 5 heteroatoms. The highest BCUT2D eigenvalue weighted by Gasteiger charge is 2.26. The van der Waals surface area contributed by atoms with Crippen LogP contribution in [0.3, 0.4) is 0 Å². The van der Waals surface area contributed by atoms with Gasteiger partial charge in [-0.2, -0.15) is 0 Å². The largest absolute Gasteiger partial charge is 0.478 e. The SMILES string of the molecule is Cc1cc(C)c(C(=O)O)c(N(C)C2CCN(C)CC2)n1. The molecule has 0 aliphatic carbocycles. The number of aromatic nitrogens is 1. The number of anilines is 1. The first kappa shape index (κ1) is 14.8. The normalized spacial score (nSPS) is 17.2. The number of carboxylic acid groups (broad SMARTS) is 1. The summed E-state index contributed by atoms with van der Waals surface area (Å²) in [6.45, 7) is 5.83. The van der Waals surface area contributed by atoms with Gasteiger partial charge in [-0.1, -0.05) is 0 Å². The Hall–Kier alpha value is -1.62. The van der Waals surface area contributed by atoms with Crippen molar-refractivity contribution < 1.29 is 9.90 Å². The molecule has 0 bridgehead atoms. The maximum atomic E-state index is 11.5. The molecule has 0 unspecified atom stereocenters. The lowest BCUT2D eigenvalue weighted by Gasteiger charge is -2.36. The first-order chi connectivity index (χ1) is 9.40. The van der Waals surface area contributed by atoms with E-state index in [0.717, 1.165) is 37.2 Å². The molecule has 0 saturated carbocycles. The molecule has 1 aliphatic rings. The summed E-state index contributed by atoms with van der Waals surface area (Å²) in [7, 11) is 4.08. The molecule has 1 N–H and O–H groups in total. The first-order valence-corrected chi connectivity index (χ1v) is 7.03. The summed E-state index contributed by atoms with van der Waals surface area (Å²) in [4.78, 5) is 20.4. The first-order valence-electron chi connectivity index (χ1n) is 7.03. The summed E-state index contributed by atoms with van der Waals surface area (Å²) in [6.07, 6.45) is 2.08. The van der Waals surface area contributed by atoms with E-state index in [2.05, 4.69) is 21.8 Å². The second-order valence-electron chi connectivity index (χ2n) is 5.73. The molecule has 0 atom stereocenters. The maximum Gasteiger partial charge on any atom is 0.339 e. The third-order valence-corrected chi connectivity index (χ3v) is 4.11. The second-order valence-corrected chi connectivity index (χ2v) is 5.73. The topological polar surface area (TPSA) is 56.7 Å². The Balaban J connectivity index is 2.33. The minimum atomic E-state index is -0.898. The molecule has 110 valence electrons. The number of carboxylic acids is 1. The van der Waals surface area contributed by atoms with Gasteiger partial charge in [0, 0.05) is 18.8 Å². The van der Waals surface area contributed by atoms with Gasteiger partial charge in [0.05, 0.1) is 0 Å². The van der Waals surface area contributed by atoms with Crippen molar-refractivity contribution in [2.45, 2.75) is 32.7 Å². The van der Waals surface area contributed by atoms with Gasteiger partial charge in [0.2, 0.25) is 0 Å². The number of likely N-dealkylation sites (tertiary alicyclic amines) is 1. The van der Waals surface area contributed by atoms with Gasteiger partial charge in [0.25, 0.3) is 0 Å². The number of rotatable bonds is 3. The van der Waals surface area contributed by atoms with E-state index in [1.54, 1.807) is 0 Å². The molecule has 2 heterocycles. The van der Waals surface area contributed by atoms with Gasteiger partial charge in [-0.05, 0) is 58.5 Å². The van der Waals surface area contributed by atoms with Crippen LogP contribution in [0, 0.1) is 13.8 Å². The Morgan fingerprint density at radius 1 is 1.40 bits per heavy atom. The number of nitrogens with zero attached hydrogens (tertiary/aromatic N) is 3. The molecule has 1 aliphatic heterocycles. The lowest BCUT2D eigenvalue weighted by molar-refractivity contribution is 0.0696. The van der Waals surface area contributed by atoms with Crippen molar-refractivity contribution in [2.24, 2.45) is 0 Å². The Bertz CT molecular complexity index is 508. The van der Waals surface area contributed by atoms with E-state index in [4.69, 9.17) is 0 Å². The quantitative estimate of drug-likeness (QED) is 0.915. The Morgan fingerprint density at radius 2 is 2.00 bits per heavy atom. The lowest BCUT2D eigenvalue weighted by Crippen LogP contribution is -2.42. The van der Waals surface area contributed by atoms with Gasteiger partial charge in [0.1, 0.15) is 11.4 Å². The molecule has 1 fully saturated rings. The smallest absolute Gasteiger partial charge is 0.339 e. The molecular formula is C15H23N3O2. The predicted molar refractivity (Wildman–Crippen MR) is 79.6 cm³/mol. The zero-order valence-corrected chi connectivity index (χ0v) is 12.7. The fourth-order valence-corrected chi connectivity index (χ4v) is 2.89. The zero-order chi connectivity index (χ0) is 14.9. The van der Waals surface area contributed by atoms with Crippen molar-refractivity contribution in [1.29, 1.82) is 0 Å². The number of aryl methyl sites for hydroxylation is 2. The monoisotopic (exact) mass is 277 g/mol. The van der Waals surface area contributed by atoms with Crippen LogP contribution < -0.4 is 4.90 Å². The zero-order valence-electron chi connectivity index (χ0n) is 12.7. The van der Waals surface area contributed by atoms with E-state index in [1.807, 2.05) is 27.0 Å². The third-order valence-electron chi connectivity index (χ3n) is 4.11. The van der Waals surface area contributed by atoms with Gasteiger partial charge in [-0.25, -0.2) is 9.78 Å². The minimum Gasteiger partial charge on any atom is -0.478 e. The molecule has 0 amide bonds. The maximum absolute atomic E-state index is 11.5. The molecule has 1 aromatic heterocycles. The summed E-state index contributed by atoms with van der Waals surface area (Å²) >= 11 is 0. The van der Waals surface area contributed by atoms with Crippen molar-refractivity contribution >= 4 is 11.8 Å². The average molecular weight is 277 g/mol. The van der Waals surface area contributed by atoms with E-state index in [1.165, 1.54) is 0 Å². The standard InChI is InChI=1S/C15H23N3O2/c1-10-9-11(2)16-14(13(10)15(19)20)18(4)12-5-7-17(3)8-6-12/h9,12H,5-8H2,1-4H3,(H,19,20). The second kappa shape index (κ2) is 5.79. The van der Waals surface area contributed by atoms with Gasteiger partial charge in [0.15, 0.2) is 0 Å². The molecule has 0 radical (unpaired) electrons. The van der Waals surface area contributed by atoms with Crippen molar-refractivity contribution in [2.75, 3.05) is 32.1 Å². The minimum absolute atomic E-state index is 0.331. The lowest BCUT2D eigenvalue weighted by atomic mass is 10.0. The summed E-state index contributed by atoms with van der Waals surface area (Å²) < 4.78 is 0. The molecule has 1 saturated heterocycles. The molecule has 2 rings (SSSR count). The number of pyridine rings is 1. The van der Waals surface area contributed by atoms with Crippen molar-refractivity contribution in [1.82, 2.24) is 9.88 Å². The predicted octanol–water partition coefficient (Wildman–Crippen LogP) is 1.93. The average Bonchev–Trinajstić information content (AvgIpc) is 2.37. The van der Waals surface area contributed by atoms with Gasteiger partial charge in [-0.15, -0.1) is 0 Å². The highest BCUT2D eigenvalue weighted by Crippen LogP contribution is 2.26. The van der Waals surface area contributed by atoms with Gasteiger partial charge >= 0.3 is 5.97 Å². The van der Waals surface area contributed by atoms with Crippen LogP contribution >= 0.6 is 0 Å². The van der Waals surface area contributed by atoms with Crippen molar-refractivity contribution in [3.8, 4) is 0 Å². The number of hydrogen-bond acceptors (Lipinski definition) is 4. The van der Waals surface area contributed by atoms with E-state index >= 15 is 0 Å². The summed E-state index contributed by atoms with van der Waals surface area (Å²) in [6, 6.07) is 2.19. The van der Waals surface area contributed by atoms with Crippen LogP contribution in [0.25, 0.3) is 0 Å². The van der Waals surface area contributed by atoms with Crippen LogP contribution in [-0.2, 0) is 0 Å². The fourth-order valence-electron chi connectivity index (χ4n) is 2.89. The van der Waals surface area contributed by atoms with Crippen LogP contribution in [0.4, 0.5) is 5.82 Å². The molecule has 0 aromatic carbocycles. The van der Waals surface area contributed by atoms with Crippen molar-refractivity contribution in [3.05, 3.63) is 22.9 Å². The summed E-state index contributed by atoms with van der Waals surface area (Å²) in [5, 5.41) is 9.45. The highest BCUT2D eigenvalue weighted by molar-refractivity contribution is 5.95. The number of aromatic carboxylic acids is 1. The molecule has 5 nitrogen and oxygen atoms in total. The Kier molecular flexibility index (Phi) is 4.28. The van der Waals surface area contributed by atoms with Crippen LogP contribution in [0.5, 0.6) is 0 Å². The van der Waals surface area contributed by atoms with Crippen LogP contribution in [0.2, 0.25) is 0 Å². The number of hydrogen-bond donors (Lipinski definition) is 1. The van der Waals surface area contributed by atoms with E-state index in [-0.39, 0.29) is 0 Å². The summed E-state index contributed by atoms with van der Waals surface area (Å²) in [5.41, 5.74) is 1.97. The van der Waals surface area contributed by atoms with Crippen LogP contribution in [0.15, 0.2) is 6.07 Å². The molecule has 0 spiro atoms. The Labute approximate surface area is 120 Å². The number of piperidine rings is 1. The van der Waals surface area contributed by atoms with Crippen molar-refractivity contribution in [3.63, 3.8) is 0 Å². The van der Waals surface area contributed by atoms with Crippen LogP contribution in [0.1, 0.15) is 34.5 Å². The van der Waals surface area contributed by atoms with Crippen LogP contribution in [-0.4, -0.2) is 54.2 Å². The summed E-state index contributed by atoms with van der Waals surface area (Å²) in [5.74, 6) is -0.297. The van der Waals surface area contributed by atoms with Gasteiger partial charge < -0.3 is 14.9 Å². The van der Waals surface area contributed by atoms with E-state index < -0.39 is 5.97 Å². The van der Waals surface area contributed by atoms with E-state index in [0.29, 0.717) is 17.4 Å². The molecule has 20 heavy (non-hydrogen) atoms. The third kappa shape index (κ3) is 2.93. The molecular weight excluding hydrogens is 254 g/mol. The Morgan fingerprint density at radius 3 is 2.55 bits per heavy atom. The molecule has 1 aromatic rings. The van der Waals surface area contributed by atoms with Gasteiger partial charge in [-0.3, -0.25) is 0 Å². The fraction of sp³-hybridized carbons (Fsp3) is 0.600. The van der Waals surface area contributed by atoms with E-state index in [9.17, 15) is 9.90 Å². The number of carbonyl (C=O) groups is 1.